The second-order valence-electron chi connectivity index (χ2n) is 3.70. The molecule has 2 heterocycles. The average molecular weight is 309 g/mol. The third kappa shape index (κ3) is 2.65. The van der Waals surface area contributed by atoms with Gasteiger partial charge in [0.1, 0.15) is 0 Å². The van der Waals surface area contributed by atoms with E-state index in [1.54, 1.807) is 18.0 Å². The predicted octanol–water partition coefficient (Wildman–Crippen LogP) is 3.93. The molecule has 0 saturated carbocycles. The fourth-order valence-corrected chi connectivity index (χ4v) is 3.58. The number of nitrogens with zero attached hydrogens (tertiary/aromatic N) is 3. The number of rotatable bonds is 3. The molecular weight excluding hydrogens is 300 g/mol. The summed E-state index contributed by atoms with van der Waals surface area (Å²) in [6, 6.07) is 7.68. The summed E-state index contributed by atoms with van der Waals surface area (Å²) < 4.78 is 0.895. The Balaban J connectivity index is 2.00. The largest absolute Gasteiger partial charge is 0.363 e. The van der Waals surface area contributed by atoms with Gasteiger partial charge in [0, 0.05) is 28.5 Å². The van der Waals surface area contributed by atoms with Gasteiger partial charge in [-0.15, -0.1) is 10.2 Å². The quantitative estimate of drug-likeness (QED) is 0.794. The highest BCUT2D eigenvalue weighted by atomic mass is 35.5. The topological polar surface area (TPSA) is 50.7 Å². The first kappa shape index (κ1) is 12.7. The zero-order valence-electron chi connectivity index (χ0n) is 9.92. The van der Waals surface area contributed by atoms with Crippen molar-refractivity contribution in [2.24, 2.45) is 0 Å². The van der Waals surface area contributed by atoms with E-state index in [-0.39, 0.29) is 0 Å². The van der Waals surface area contributed by atoms with E-state index in [1.807, 2.05) is 31.3 Å². The Kier molecular flexibility index (Phi) is 3.54. The Morgan fingerprint density at radius 2 is 2.16 bits per heavy atom. The molecule has 1 aromatic carbocycles. The Hall–Kier alpha value is -1.37. The molecule has 0 saturated heterocycles. The van der Waals surface area contributed by atoms with Gasteiger partial charge in [-0.2, -0.15) is 0 Å². The van der Waals surface area contributed by atoms with E-state index in [2.05, 4.69) is 20.5 Å². The lowest BCUT2D eigenvalue weighted by atomic mass is 10.2. The predicted molar refractivity (Wildman–Crippen MR) is 80.3 cm³/mol. The normalized spacial score (nSPS) is 10.8. The molecule has 0 bridgehead atoms. The van der Waals surface area contributed by atoms with Gasteiger partial charge in [0.2, 0.25) is 5.13 Å². The van der Waals surface area contributed by atoms with Gasteiger partial charge < -0.3 is 5.32 Å². The summed E-state index contributed by atoms with van der Waals surface area (Å²) >= 11 is 9.08. The molecule has 0 spiro atoms. The number of hydrogen-bond acceptors (Lipinski definition) is 6. The first-order chi connectivity index (χ1) is 9.26. The van der Waals surface area contributed by atoms with Crippen LogP contribution in [-0.2, 0) is 0 Å². The van der Waals surface area contributed by atoms with Crippen molar-refractivity contribution in [2.75, 3.05) is 12.4 Å². The van der Waals surface area contributed by atoms with Crippen molar-refractivity contribution >= 4 is 50.7 Å². The van der Waals surface area contributed by atoms with E-state index < -0.39 is 0 Å². The first-order valence-corrected chi connectivity index (χ1v) is 7.51. The van der Waals surface area contributed by atoms with Crippen LogP contribution in [0.3, 0.4) is 0 Å². The average Bonchev–Trinajstić information content (AvgIpc) is 2.86. The standard InChI is InChI=1S/C12H9ClN4S2/c1-14-11-16-17-12(19-11)18-10-4-5-15-9-6-7(13)2-3-8(9)10/h2-6H,1H3,(H,14,16). The molecule has 3 rings (SSSR count). The van der Waals surface area contributed by atoms with Crippen molar-refractivity contribution < 1.29 is 0 Å². The lowest BCUT2D eigenvalue weighted by molar-refractivity contribution is 1.01. The molecule has 0 aliphatic carbocycles. The summed E-state index contributed by atoms with van der Waals surface area (Å²) in [7, 11) is 1.83. The zero-order valence-corrected chi connectivity index (χ0v) is 12.3. The molecule has 1 N–H and O–H groups in total. The molecule has 0 amide bonds. The molecule has 0 fully saturated rings. The second kappa shape index (κ2) is 5.32. The molecule has 4 nitrogen and oxygen atoms in total. The summed E-state index contributed by atoms with van der Waals surface area (Å²) in [5, 5.41) is 13.7. The van der Waals surface area contributed by atoms with E-state index >= 15 is 0 Å². The Bertz CT molecular complexity index is 729. The molecule has 7 heteroatoms. The summed E-state index contributed by atoms with van der Waals surface area (Å²) in [6.45, 7) is 0. The Morgan fingerprint density at radius 3 is 2.95 bits per heavy atom. The van der Waals surface area contributed by atoms with Crippen molar-refractivity contribution in [3.63, 3.8) is 0 Å². The third-order valence-corrected chi connectivity index (χ3v) is 4.79. The first-order valence-electron chi connectivity index (χ1n) is 5.49. The second-order valence-corrected chi connectivity index (χ2v) is 6.40. The van der Waals surface area contributed by atoms with E-state index in [0.29, 0.717) is 5.02 Å². The van der Waals surface area contributed by atoms with Crippen molar-refractivity contribution in [3.05, 3.63) is 35.5 Å². The molecule has 19 heavy (non-hydrogen) atoms. The summed E-state index contributed by atoms with van der Waals surface area (Å²) in [4.78, 5) is 5.42. The Labute approximate surface area is 123 Å². The van der Waals surface area contributed by atoms with Crippen LogP contribution in [0.15, 0.2) is 39.7 Å². The van der Waals surface area contributed by atoms with Crippen LogP contribution in [0.2, 0.25) is 5.02 Å². The van der Waals surface area contributed by atoms with Crippen LogP contribution in [0.4, 0.5) is 5.13 Å². The minimum atomic E-state index is 0.690. The van der Waals surface area contributed by atoms with Gasteiger partial charge in [0.05, 0.1) is 5.52 Å². The number of halogens is 1. The lowest BCUT2D eigenvalue weighted by Gasteiger charge is -2.03. The third-order valence-electron chi connectivity index (χ3n) is 2.48. The van der Waals surface area contributed by atoms with Gasteiger partial charge in [0.25, 0.3) is 0 Å². The lowest BCUT2D eigenvalue weighted by Crippen LogP contribution is -1.84. The number of fused-ring (bicyclic) bond motifs is 1. The number of pyridine rings is 1. The molecule has 0 aliphatic heterocycles. The molecule has 0 radical (unpaired) electrons. The van der Waals surface area contributed by atoms with Gasteiger partial charge in [-0.25, -0.2) is 0 Å². The SMILES string of the molecule is CNc1nnc(Sc2ccnc3cc(Cl)ccc23)s1. The molecule has 0 aliphatic rings. The number of aromatic nitrogens is 3. The van der Waals surface area contributed by atoms with Gasteiger partial charge in [-0.3, -0.25) is 4.98 Å². The zero-order chi connectivity index (χ0) is 13.2. The van der Waals surface area contributed by atoms with Gasteiger partial charge >= 0.3 is 0 Å². The highest BCUT2D eigenvalue weighted by Crippen LogP contribution is 2.35. The maximum absolute atomic E-state index is 5.98. The van der Waals surface area contributed by atoms with Crippen LogP contribution in [0.25, 0.3) is 10.9 Å². The fourth-order valence-electron chi connectivity index (χ4n) is 1.63. The van der Waals surface area contributed by atoms with Crippen LogP contribution in [-0.4, -0.2) is 22.2 Å². The number of nitrogens with one attached hydrogen (secondary N) is 1. The van der Waals surface area contributed by atoms with Crippen molar-refractivity contribution in [3.8, 4) is 0 Å². The highest BCUT2D eigenvalue weighted by Gasteiger charge is 2.08. The molecule has 0 atom stereocenters. The van der Waals surface area contributed by atoms with Crippen LogP contribution >= 0.6 is 34.7 Å². The number of hydrogen-bond donors (Lipinski definition) is 1. The fraction of sp³-hybridized carbons (Fsp3) is 0.0833. The monoisotopic (exact) mass is 308 g/mol. The molecule has 0 unspecified atom stereocenters. The van der Waals surface area contributed by atoms with E-state index in [4.69, 9.17) is 11.6 Å². The van der Waals surface area contributed by atoms with Crippen LogP contribution in [0.5, 0.6) is 0 Å². The Morgan fingerprint density at radius 1 is 1.26 bits per heavy atom. The maximum atomic E-state index is 5.98. The highest BCUT2D eigenvalue weighted by molar-refractivity contribution is 8.01. The van der Waals surface area contributed by atoms with Crippen molar-refractivity contribution in [1.29, 1.82) is 0 Å². The van der Waals surface area contributed by atoms with E-state index in [0.717, 1.165) is 25.3 Å². The smallest absolute Gasteiger partial charge is 0.206 e. The van der Waals surface area contributed by atoms with Gasteiger partial charge in [0.15, 0.2) is 4.34 Å². The van der Waals surface area contributed by atoms with E-state index in [1.165, 1.54) is 11.3 Å². The molecular formula is C12H9ClN4S2. The van der Waals surface area contributed by atoms with Gasteiger partial charge in [-0.1, -0.05) is 40.8 Å². The minimum Gasteiger partial charge on any atom is -0.363 e. The van der Waals surface area contributed by atoms with Crippen molar-refractivity contribution in [1.82, 2.24) is 15.2 Å². The summed E-state index contributed by atoms with van der Waals surface area (Å²) in [5.74, 6) is 0. The van der Waals surface area contributed by atoms with Gasteiger partial charge in [-0.05, 0) is 18.2 Å². The van der Waals surface area contributed by atoms with Crippen LogP contribution in [0, 0.1) is 0 Å². The summed E-state index contributed by atoms with van der Waals surface area (Å²) in [6.07, 6.45) is 1.78. The number of benzene rings is 1. The minimum absolute atomic E-state index is 0.690. The van der Waals surface area contributed by atoms with Crippen LogP contribution < -0.4 is 5.32 Å². The number of anilines is 1. The maximum Gasteiger partial charge on any atom is 0.206 e. The van der Waals surface area contributed by atoms with E-state index in [9.17, 15) is 0 Å². The summed E-state index contributed by atoms with van der Waals surface area (Å²) in [5.41, 5.74) is 0.885. The van der Waals surface area contributed by atoms with Crippen molar-refractivity contribution in [2.45, 2.75) is 9.24 Å². The molecule has 96 valence electrons. The molecule has 3 aromatic rings. The van der Waals surface area contributed by atoms with Crippen LogP contribution in [0.1, 0.15) is 0 Å². The molecule has 2 aromatic heterocycles.